The van der Waals surface area contributed by atoms with E-state index in [0.717, 1.165) is 11.6 Å². The zero-order valence-corrected chi connectivity index (χ0v) is 11.3. The van der Waals surface area contributed by atoms with E-state index in [-0.39, 0.29) is 6.04 Å². The van der Waals surface area contributed by atoms with Crippen LogP contribution in [0.5, 0.6) is 0 Å². The third-order valence-electron chi connectivity index (χ3n) is 2.69. The van der Waals surface area contributed by atoms with Gasteiger partial charge < -0.3 is 10.3 Å². The summed E-state index contributed by atoms with van der Waals surface area (Å²) >= 11 is 3.90. The number of nitrogens with two attached hydrogens (primary N) is 1. The molecule has 1 aliphatic heterocycles. The molecule has 2 rings (SSSR count). The minimum atomic E-state index is -0.182. The summed E-state index contributed by atoms with van der Waals surface area (Å²) in [6.45, 7) is 6.37. The van der Waals surface area contributed by atoms with Crippen LogP contribution in [0, 0.1) is 0 Å². The van der Waals surface area contributed by atoms with Gasteiger partial charge in [0, 0.05) is 16.3 Å². The van der Waals surface area contributed by atoms with Crippen LogP contribution in [0.25, 0.3) is 0 Å². The van der Waals surface area contributed by atoms with Crippen molar-refractivity contribution >= 4 is 23.5 Å². The summed E-state index contributed by atoms with van der Waals surface area (Å²) < 4.78 is 5.13. The van der Waals surface area contributed by atoms with Crippen LogP contribution in [0.2, 0.25) is 0 Å². The first-order valence-electron chi connectivity index (χ1n) is 5.44. The van der Waals surface area contributed by atoms with Crippen molar-refractivity contribution in [2.24, 2.45) is 5.73 Å². The maximum absolute atomic E-state index is 5.70. The third-order valence-corrected chi connectivity index (χ3v) is 6.07. The van der Waals surface area contributed by atoms with Gasteiger partial charge in [-0.1, -0.05) is 19.0 Å². The Labute approximate surface area is 104 Å². The fourth-order valence-corrected chi connectivity index (χ4v) is 4.32. The Bertz CT molecular complexity index is 356. The van der Waals surface area contributed by atoms with Crippen LogP contribution in [-0.2, 0) is 0 Å². The van der Waals surface area contributed by atoms with Crippen LogP contribution < -0.4 is 5.73 Å². The Morgan fingerprint density at radius 3 is 2.75 bits per heavy atom. The molecular formula is C10H17N3OS2. The van der Waals surface area contributed by atoms with Gasteiger partial charge in [-0.25, -0.2) is 0 Å². The van der Waals surface area contributed by atoms with Crippen molar-refractivity contribution in [3.05, 3.63) is 11.7 Å². The van der Waals surface area contributed by atoms with Gasteiger partial charge in [0.25, 0.3) is 0 Å². The largest absolute Gasteiger partial charge is 0.338 e. The van der Waals surface area contributed by atoms with Gasteiger partial charge in [0.2, 0.25) is 5.89 Å². The lowest BCUT2D eigenvalue weighted by Crippen LogP contribution is -2.22. The number of hydrogen-bond acceptors (Lipinski definition) is 6. The van der Waals surface area contributed by atoms with E-state index in [0.29, 0.717) is 21.6 Å². The number of aromatic nitrogens is 2. The van der Waals surface area contributed by atoms with Crippen molar-refractivity contribution in [2.75, 3.05) is 5.75 Å². The molecule has 4 atom stereocenters. The highest BCUT2D eigenvalue weighted by atomic mass is 32.2. The fourth-order valence-electron chi connectivity index (χ4n) is 1.48. The molecule has 1 aliphatic rings. The summed E-state index contributed by atoms with van der Waals surface area (Å²) in [5.41, 5.74) is 5.70. The molecular weight excluding hydrogens is 242 g/mol. The van der Waals surface area contributed by atoms with Gasteiger partial charge in [-0.05, 0) is 6.92 Å². The number of rotatable bonds is 2. The van der Waals surface area contributed by atoms with Crippen LogP contribution >= 0.6 is 23.5 Å². The molecule has 90 valence electrons. The van der Waals surface area contributed by atoms with Crippen molar-refractivity contribution in [1.29, 1.82) is 0 Å². The van der Waals surface area contributed by atoms with E-state index in [2.05, 4.69) is 24.0 Å². The highest BCUT2D eigenvalue weighted by Crippen LogP contribution is 2.43. The van der Waals surface area contributed by atoms with Crippen molar-refractivity contribution < 1.29 is 4.52 Å². The lowest BCUT2D eigenvalue weighted by molar-refractivity contribution is 0.357. The van der Waals surface area contributed by atoms with Crippen LogP contribution in [0.3, 0.4) is 0 Å². The van der Waals surface area contributed by atoms with Gasteiger partial charge in [0.15, 0.2) is 5.82 Å². The highest BCUT2D eigenvalue weighted by Gasteiger charge is 2.30. The second-order valence-electron chi connectivity index (χ2n) is 4.15. The fraction of sp³-hybridized carbons (Fsp3) is 0.800. The second kappa shape index (κ2) is 4.98. The van der Waals surface area contributed by atoms with Crippen molar-refractivity contribution in [1.82, 2.24) is 10.1 Å². The lowest BCUT2D eigenvalue weighted by atomic mass is 10.3. The first-order chi connectivity index (χ1) is 7.58. The van der Waals surface area contributed by atoms with Crippen LogP contribution in [0.15, 0.2) is 4.52 Å². The SMILES string of the molecule is CC(N)c1nc(C2CSC(C)C(C)S2)no1. The molecule has 2 N–H and O–H groups in total. The standard InChI is InChI=1S/C10H17N3OS2/c1-5(11)10-12-9(13-14-10)8-4-15-6(2)7(3)16-8/h5-8H,4,11H2,1-3H3. The van der Waals surface area contributed by atoms with Gasteiger partial charge in [-0.2, -0.15) is 16.7 Å². The molecule has 0 bridgehead atoms. The quantitative estimate of drug-likeness (QED) is 0.879. The first kappa shape index (κ1) is 12.3. The molecule has 1 fully saturated rings. The summed E-state index contributed by atoms with van der Waals surface area (Å²) in [7, 11) is 0. The molecule has 0 amide bonds. The van der Waals surface area contributed by atoms with E-state index in [1.54, 1.807) is 0 Å². The van der Waals surface area contributed by atoms with Gasteiger partial charge in [0.05, 0.1) is 11.3 Å². The van der Waals surface area contributed by atoms with Crippen molar-refractivity contribution in [3.8, 4) is 0 Å². The first-order valence-corrected chi connectivity index (χ1v) is 7.43. The number of thioether (sulfide) groups is 2. The second-order valence-corrected chi connectivity index (χ2v) is 7.14. The molecule has 1 aromatic heterocycles. The van der Waals surface area contributed by atoms with E-state index in [9.17, 15) is 0 Å². The molecule has 0 spiro atoms. The topological polar surface area (TPSA) is 64.9 Å². The molecule has 1 aromatic rings. The molecule has 0 saturated carbocycles. The van der Waals surface area contributed by atoms with E-state index in [1.165, 1.54) is 0 Å². The Morgan fingerprint density at radius 2 is 2.19 bits per heavy atom. The van der Waals surface area contributed by atoms with Gasteiger partial charge in [-0.15, -0.1) is 11.8 Å². The highest BCUT2D eigenvalue weighted by molar-refractivity contribution is 8.07. The van der Waals surface area contributed by atoms with Gasteiger partial charge >= 0.3 is 0 Å². The molecule has 2 heterocycles. The average molecular weight is 259 g/mol. The van der Waals surface area contributed by atoms with E-state index < -0.39 is 0 Å². The third kappa shape index (κ3) is 2.55. The van der Waals surface area contributed by atoms with E-state index in [1.807, 2.05) is 30.4 Å². The maximum Gasteiger partial charge on any atom is 0.243 e. The van der Waals surface area contributed by atoms with Gasteiger partial charge in [0.1, 0.15) is 0 Å². The summed E-state index contributed by atoms with van der Waals surface area (Å²) in [5.74, 6) is 2.38. The average Bonchev–Trinajstić information content (AvgIpc) is 2.71. The molecule has 1 saturated heterocycles. The van der Waals surface area contributed by atoms with Gasteiger partial charge in [-0.3, -0.25) is 0 Å². The van der Waals surface area contributed by atoms with E-state index in [4.69, 9.17) is 10.3 Å². The van der Waals surface area contributed by atoms with Crippen molar-refractivity contribution in [2.45, 2.75) is 42.6 Å². The van der Waals surface area contributed by atoms with Crippen LogP contribution in [0.4, 0.5) is 0 Å². The Hall–Kier alpha value is -0.200. The number of nitrogens with zero attached hydrogens (tertiary/aromatic N) is 2. The predicted octanol–water partition coefficient (Wildman–Crippen LogP) is 2.39. The van der Waals surface area contributed by atoms with Crippen LogP contribution in [-0.4, -0.2) is 26.4 Å². The smallest absolute Gasteiger partial charge is 0.243 e. The minimum Gasteiger partial charge on any atom is -0.338 e. The van der Waals surface area contributed by atoms with E-state index >= 15 is 0 Å². The Morgan fingerprint density at radius 1 is 1.44 bits per heavy atom. The van der Waals surface area contributed by atoms with Crippen LogP contribution in [0.1, 0.15) is 43.8 Å². The number of hydrogen-bond donors (Lipinski definition) is 1. The Balaban J connectivity index is 2.07. The summed E-state index contributed by atoms with van der Waals surface area (Å²) in [4.78, 5) is 4.36. The zero-order valence-electron chi connectivity index (χ0n) is 9.71. The molecule has 6 heteroatoms. The normalized spacial score (nSPS) is 32.6. The molecule has 0 radical (unpaired) electrons. The Kier molecular flexibility index (Phi) is 3.81. The summed E-state index contributed by atoms with van der Waals surface area (Å²) in [5, 5.41) is 5.68. The zero-order chi connectivity index (χ0) is 11.7. The summed E-state index contributed by atoms with van der Waals surface area (Å²) in [6, 6.07) is -0.182. The maximum atomic E-state index is 5.70. The molecule has 0 aliphatic carbocycles. The molecule has 4 nitrogen and oxygen atoms in total. The monoisotopic (exact) mass is 259 g/mol. The predicted molar refractivity (Wildman–Crippen MR) is 68.6 cm³/mol. The minimum absolute atomic E-state index is 0.182. The van der Waals surface area contributed by atoms with Crippen molar-refractivity contribution in [3.63, 3.8) is 0 Å². The molecule has 0 aromatic carbocycles. The lowest BCUT2D eigenvalue weighted by Gasteiger charge is -2.29. The summed E-state index contributed by atoms with van der Waals surface area (Å²) in [6.07, 6.45) is 0. The molecule has 16 heavy (non-hydrogen) atoms. The molecule has 4 unspecified atom stereocenters.